The molecular weight excluding hydrogens is 370 g/mol. The number of aromatic nitrogens is 4. The first kappa shape index (κ1) is 19.1. The molecule has 0 amide bonds. The van der Waals surface area contributed by atoms with Crippen molar-refractivity contribution >= 4 is 5.97 Å². The van der Waals surface area contributed by atoms with Gasteiger partial charge in [-0.2, -0.15) is 0 Å². The first-order valence-corrected chi connectivity index (χ1v) is 9.65. The molecule has 1 fully saturated rings. The van der Waals surface area contributed by atoms with E-state index in [1.54, 1.807) is 24.8 Å². The highest BCUT2D eigenvalue weighted by Gasteiger charge is 2.26. The lowest BCUT2D eigenvalue weighted by Crippen LogP contribution is -2.34. The maximum absolute atomic E-state index is 10.6. The predicted molar refractivity (Wildman–Crippen MR) is 106 cm³/mol. The first-order valence-electron chi connectivity index (χ1n) is 9.65. The number of aromatic amines is 1. The highest BCUT2D eigenvalue weighted by molar-refractivity contribution is 5.68. The van der Waals surface area contributed by atoms with Crippen LogP contribution in [-0.4, -0.2) is 55.6 Å². The number of aliphatic carboxylic acids is 1. The number of hydrogen-bond donors (Lipinski definition) is 2. The zero-order chi connectivity index (χ0) is 20.1. The van der Waals surface area contributed by atoms with Crippen LogP contribution < -0.4 is 4.74 Å². The van der Waals surface area contributed by atoms with Crippen LogP contribution in [0.4, 0.5) is 0 Å². The summed E-state index contributed by atoms with van der Waals surface area (Å²) in [5.74, 6) is 0.639. The normalized spacial score (nSPS) is 17.2. The Labute approximate surface area is 168 Å². The van der Waals surface area contributed by atoms with Gasteiger partial charge in [-0.3, -0.25) is 9.88 Å². The molecule has 150 valence electrons. The van der Waals surface area contributed by atoms with E-state index in [9.17, 15) is 4.79 Å². The molecule has 1 aliphatic rings. The number of rotatable bonds is 7. The number of carbonyl (C=O) groups is 1. The van der Waals surface area contributed by atoms with Crippen molar-refractivity contribution in [1.82, 2.24) is 24.8 Å². The van der Waals surface area contributed by atoms with E-state index in [2.05, 4.69) is 24.8 Å². The van der Waals surface area contributed by atoms with Crippen LogP contribution in [0.15, 0.2) is 49.1 Å². The molecule has 3 heterocycles. The van der Waals surface area contributed by atoms with Crippen molar-refractivity contribution < 1.29 is 14.6 Å². The molecule has 0 saturated carbocycles. The number of ether oxygens (including phenoxy) is 1. The van der Waals surface area contributed by atoms with E-state index in [4.69, 9.17) is 9.84 Å². The van der Waals surface area contributed by atoms with E-state index >= 15 is 0 Å². The Hall–Kier alpha value is -3.26. The molecule has 0 aliphatic carbocycles. The maximum Gasteiger partial charge on any atom is 0.341 e. The SMILES string of the molecule is O=C(O)COc1ccc(CN2CCC[C@@H](c3nccnc3-c3ncc[nH]3)C2)cc1. The van der Waals surface area contributed by atoms with Crippen molar-refractivity contribution in [2.24, 2.45) is 0 Å². The number of carboxylic acids is 1. The fourth-order valence-corrected chi connectivity index (χ4v) is 3.74. The second-order valence-corrected chi connectivity index (χ2v) is 7.13. The minimum absolute atomic E-state index is 0.302. The van der Waals surface area contributed by atoms with E-state index in [-0.39, 0.29) is 6.61 Å². The lowest BCUT2D eigenvalue weighted by Gasteiger charge is -2.32. The van der Waals surface area contributed by atoms with Gasteiger partial charge >= 0.3 is 5.97 Å². The van der Waals surface area contributed by atoms with Crippen LogP contribution in [-0.2, 0) is 11.3 Å². The van der Waals surface area contributed by atoms with Gasteiger partial charge in [0, 0.05) is 43.8 Å². The smallest absolute Gasteiger partial charge is 0.341 e. The van der Waals surface area contributed by atoms with E-state index in [1.807, 2.05) is 24.3 Å². The third-order valence-corrected chi connectivity index (χ3v) is 5.03. The van der Waals surface area contributed by atoms with Crippen LogP contribution in [0.5, 0.6) is 5.75 Å². The summed E-state index contributed by atoms with van der Waals surface area (Å²) >= 11 is 0. The Morgan fingerprint density at radius 2 is 2.00 bits per heavy atom. The van der Waals surface area contributed by atoms with E-state index in [0.717, 1.165) is 49.7 Å². The van der Waals surface area contributed by atoms with Crippen LogP contribution in [0, 0.1) is 0 Å². The van der Waals surface area contributed by atoms with Crippen LogP contribution in [0.2, 0.25) is 0 Å². The van der Waals surface area contributed by atoms with Gasteiger partial charge in [-0.25, -0.2) is 14.8 Å². The van der Waals surface area contributed by atoms with Gasteiger partial charge in [0.05, 0.1) is 5.69 Å². The van der Waals surface area contributed by atoms with Crippen LogP contribution in [0.3, 0.4) is 0 Å². The lowest BCUT2D eigenvalue weighted by molar-refractivity contribution is -0.139. The molecule has 1 saturated heterocycles. The lowest BCUT2D eigenvalue weighted by atomic mass is 9.92. The molecule has 4 rings (SSSR count). The predicted octanol–water partition coefficient (Wildman–Crippen LogP) is 2.71. The maximum atomic E-state index is 10.6. The van der Waals surface area contributed by atoms with Gasteiger partial charge in [-0.05, 0) is 37.1 Å². The summed E-state index contributed by atoms with van der Waals surface area (Å²) < 4.78 is 5.20. The zero-order valence-electron chi connectivity index (χ0n) is 16.0. The number of piperidine rings is 1. The van der Waals surface area contributed by atoms with Crippen molar-refractivity contribution in [3.05, 3.63) is 60.3 Å². The Kier molecular flexibility index (Phi) is 5.81. The first-order chi connectivity index (χ1) is 14.2. The summed E-state index contributed by atoms with van der Waals surface area (Å²) in [5.41, 5.74) is 2.98. The largest absolute Gasteiger partial charge is 0.482 e. The molecule has 0 radical (unpaired) electrons. The molecule has 1 aliphatic heterocycles. The van der Waals surface area contributed by atoms with Gasteiger partial charge < -0.3 is 14.8 Å². The van der Waals surface area contributed by atoms with Gasteiger partial charge in [-0.1, -0.05) is 12.1 Å². The van der Waals surface area contributed by atoms with Gasteiger partial charge in [0.25, 0.3) is 0 Å². The van der Waals surface area contributed by atoms with Crippen molar-refractivity contribution in [2.45, 2.75) is 25.3 Å². The summed E-state index contributed by atoms with van der Waals surface area (Å²) in [6, 6.07) is 7.60. The number of likely N-dealkylation sites (tertiary alicyclic amines) is 1. The summed E-state index contributed by atoms with van der Waals surface area (Å²) in [5, 5.41) is 8.70. The number of hydrogen-bond acceptors (Lipinski definition) is 6. The molecule has 8 heteroatoms. The summed E-state index contributed by atoms with van der Waals surface area (Å²) in [6.07, 6.45) is 9.14. The summed E-state index contributed by atoms with van der Waals surface area (Å²) in [6.45, 7) is 2.43. The Morgan fingerprint density at radius 3 is 2.76 bits per heavy atom. The van der Waals surface area contributed by atoms with Crippen molar-refractivity contribution in [2.75, 3.05) is 19.7 Å². The standard InChI is InChI=1S/C21H23N5O3/c27-18(28)14-29-17-5-3-15(4-6-17)12-26-11-1-2-16(13-26)19-20(23-8-7-22-19)21-24-9-10-25-21/h3-10,16H,1-2,11-14H2,(H,24,25)(H,27,28)/t16-/m1/s1. The second kappa shape index (κ2) is 8.83. The van der Waals surface area contributed by atoms with E-state index in [1.165, 1.54) is 5.56 Å². The van der Waals surface area contributed by atoms with E-state index < -0.39 is 5.97 Å². The number of nitrogens with zero attached hydrogens (tertiary/aromatic N) is 4. The van der Waals surface area contributed by atoms with Crippen LogP contribution >= 0.6 is 0 Å². The fourth-order valence-electron chi connectivity index (χ4n) is 3.74. The van der Waals surface area contributed by atoms with Crippen molar-refractivity contribution in [1.29, 1.82) is 0 Å². The highest BCUT2D eigenvalue weighted by Crippen LogP contribution is 2.31. The van der Waals surface area contributed by atoms with E-state index in [0.29, 0.717) is 11.7 Å². The molecule has 0 spiro atoms. The highest BCUT2D eigenvalue weighted by atomic mass is 16.5. The molecular formula is C21H23N5O3. The topological polar surface area (TPSA) is 104 Å². The monoisotopic (exact) mass is 393 g/mol. The minimum Gasteiger partial charge on any atom is -0.482 e. The third-order valence-electron chi connectivity index (χ3n) is 5.03. The molecule has 1 aromatic carbocycles. The number of benzene rings is 1. The number of nitrogens with one attached hydrogen (secondary N) is 1. The minimum atomic E-state index is -0.980. The molecule has 2 aromatic heterocycles. The molecule has 8 nitrogen and oxygen atoms in total. The fraction of sp³-hybridized carbons (Fsp3) is 0.333. The zero-order valence-corrected chi connectivity index (χ0v) is 16.0. The van der Waals surface area contributed by atoms with Gasteiger partial charge in [0.15, 0.2) is 12.4 Å². The Bertz CT molecular complexity index is 943. The average molecular weight is 393 g/mol. The second-order valence-electron chi connectivity index (χ2n) is 7.13. The number of carboxylic acid groups (broad SMARTS) is 1. The molecule has 0 bridgehead atoms. The Balaban J connectivity index is 1.42. The van der Waals surface area contributed by atoms with Crippen LogP contribution in [0.1, 0.15) is 30.0 Å². The molecule has 29 heavy (non-hydrogen) atoms. The van der Waals surface area contributed by atoms with Crippen LogP contribution in [0.25, 0.3) is 11.5 Å². The van der Waals surface area contributed by atoms with Gasteiger partial charge in [-0.15, -0.1) is 0 Å². The third kappa shape index (κ3) is 4.78. The van der Waals surface area contributed by atoms with Gasteiger partial charge in [0.2, 0.25) is 0 Å². The summed E-state index contributed by atoms with van der Waals surface area (Å²) in [7, 11) is 0. The molecule has 1 atom stereocenters. The molecule has 0 unspecified atom stereocenters. The van der Waals surface area contributed by atoms with Crippen molar-refractivity contribution in [3.8, 4) is 17.3 Å². The number of imidazole rings is 1. The van der Waals surface area contributed by atoms with Crippen molar-refractivity contribution in [3.63, 3.8) is 0 Å². The number of H-pyrrole nitrogens is 1. The molecule has 2 N–H and O–H groups in total. The Morgan fingerprint density at radius 1 is 1.17 bits per heavy atom. The average Bonchev–Trinajstić information content (AvgIpc) is 3.28. The van der Waals surface area contributed by atoms with Gasteiger partial charge in [0.1, 0.15) is 11.4 Å². The quantitative estimate of drug-likeness (QED) is 0.636. The summed E-state index contributed by atoms with van der Waals surface area (Å²) in [4.78, 5) is 29.6. The molecule has 3 aromatic rings.